The van der Waals surface area contributed by atoms with Crippen LogP contribution >= 0.6 is 0 Å². The molecule has 0 unspecified atom stereocenters. The molecular formula is C16H20N2O. The molecule has 1 saturated carbocycles. The molecule has 0 bridgehead atoms. The quantitative estimate of drug-likeness (QED) is 0.867. The molecule has 0 radical (unpaired) electrons. The summed E-state index contributed by atoms with van der Waals surface area (Å²) >= 11 is 0. The predicted octanol–water partition coefficient (Wildman–Crippen LogP) is 2.77. The van der Waals surface area contributed by atoms with Crippen LogP contribution in [0.1, 0.15) is 37.2 Å². The molecule has 0 aliphatic heterocycles. The van der Waals surface area contributed by atoms with E-state index in [-0.39, 0.29) is 5.56 Å². The van der Waals surface area contributed by atoms with Gasteiger partial charge in [-0.15, -0.1) is 0 Å². The number of benzene rings is 1. The Balaban J connectivity index is 1.92. The van der Waals surface area contributed by atoms with Crippen molar-refractivity contribution in [1.29, 1.82) is 0 Å². The van der Waals surface area contributed by atoms with Crippen molar-refractivity contribution in [2.45, 2.75) is 37.6 Å². The lowest BCUT2D eigenvalue weighted by Gasteiger charge is -2.28. The number of rotatable bonds is 2. The van der Waals surface area contributed by atoms with Gasteiger partial charge >= 0.3 is 0 Å². The lowest BCUT2D eigenvalue weighted by molar-refractivity contribution is 0.357. The number of hydrogen-bond donors (Lipinski definition) is 2. The molecule has 1 aromatic heterocycles. The highest BCUT2D eigenvalue weighted by molar-refractivity contribution is 5.78. The van der Waals surface area contributed by atoms with E-state index in [0.29, 0.717) is 12.0 Å². The maximum Gasteiger partial charge on any atom is 0.251 e. The van der Waals surface area contributed by atoms with Crippen LogP contribution in [0.25, 0.3) is 10.9 Å². The summed E-state index contributed by atoms with van der Waals surface area (Å²) < 4.78 is 0. The zero-order valence-corrected chi connectivity index (χ0v) is 11.3. The Hall–Kier alpha value is -1.61. The Labute approximate surface area is 113 Å². The number of nitrogens with one attached hydrogen (secondary N) is 2. The van der Waals surface area contributed by atoms with Gasteiger partial charge in [-0.1, -0.05) is 18.2 Å². The first-order valence-corrected chi connectivity index (χ1v) is 7.07. The number of hydrogen-bond acceptors (Lipinski definition) is 2. The fourth-order valence-corrected chi connectivity index (χ4v) is 3.16. The van der Waals surface area contributed by atoms with E-state index in [1.807, 2.05) is 25.2 Å². The van der Waals surface area contributed by atoms with Crippen molar-refractivity contribution < 1.29 is 0 Å². The highest BCUT2D eigenvalue weighted by atomic mass is 16.1. The highest BCUT2D eigenvalue weighted by Gasteiger charge is 2.23. The second-order valence-electron chi connectivity index (χ2n) is 5.48. The third kappa shape index (κ3) is 2.43. The van der Waals surface area contributed by atoms with E-state index in [1.54, 1.807) is 0 Å². The van der Waals surface area contributed by atoms with E-state index < -0.39 is 0 Å². The van der Waals surface area contributed by atoms with E-state index in [0.717, 1.165) is 42.1 Å². The number of aromatic nitrogens is 1. The van der Waals surface area contributed by atoms with Crippen molar-refractivity contribution in [3.05, 3.63) is 46.2 Å². The van der Waals surface area contributed by atoms with Gasteiger partial charge in [0.1, 0.15) is 0 Å². The highest BCUT2D eigenvalue weighted by Crippen LogP contribution is 2.31. The Kier molecular flexibility index (Phi) is 3.38. The topological polar surface area (TPSA) is 44.9 Å². The van der Waals surface area contributed by atoms with Crippen LogP contribution in [-0.2, 0) is 0 Å². The maximum atomic E-state index is 12.2. The minimum Gasteiger partial charge on any atom is -0.322 e. The van der Waals surface area contributed by atoms with Gasteiger partial charge in [0.2, 0.25) is 0 Å². The standard InChI is InChI=1S/C16H20N2O/c1-17-13-8-6-11(7-9-13)14-10-12-4-2-3-5-15(12)18-16(14)19/h2-5,10-11,13,17H,6-9H2,1H3,(H,18,19). The summed E-state index contributed by atoms with van der Waals surface area (Å²) in [5.74, 6) is 0.415. The van der Waals surface area contributed by atoms with E-state index in [2.05, 4.69) is 22.4 Å². The zero-order valence-electron chi connectivity index (χ0n) is 11.3. The number of aromatic amines is 1. The van der Waals surface area contributed by atoms with Crippen molar-refractivity contribution in [2.75, 3.05) is 7.05 Å². The summed E-state index contributed by atoms with van der Waals surface area (Å²) in [4.78, 5) is 15.2. The molecule has 3 heteroatoms. The van der Waals surface area contributed by atoms with Gasteiger partial charge in [-0.25, -0.2) is 0 Å². The Morgan fingerprint density at radius 3 is 2.63 bits per heavy atom. The molecule has 3 rings (SSSR count). The van der Waals surface area contributed by atoms with E-state index in [1.165, 1.54) is 0 Å². The molecule has 1 aromatic carbocycles. The van der Waals surface area contributed by atoms with E-state index in [9.17, 15) is 4.79 Å². The molecule has 0 saturated heterocycles. The largest absolute Gasteiger partial charge is 0.322 e. The van der Waals surface area contributed by atoms with Gasteiger partial charge in [-0.05, 0) is 56.2 Å². The predicted molar refractivity (Wildman–Crippen MR) is 78.6 cm³/mol. The van der Waals surface area contributed by atoms with Crippen LogP contribution in [0.4, 0.5) is 0 Å². The van der Waals surface area contributed by atoms with Crippen LogP contribution in [0.5, 0.6) is 0 Å². The molecule has 1 fully saturated rings. The van der Waals surface area contributed by atoms with Crippen molar-refractivity contribution in [3.8, 4) is 0 Å². The molecule has 1 heterocycles. The first-order valence-electron chi connectivity index (χ1n) is 7.07. The summed E-state index contributed by atoms with van der Waals surface area (Å²) in [7, 11) is 2.02. The molecule has 2 aromatic rings. The van der Waals surface area contributed by atoms with Crippen LogP contribution < -0.4 is 10.9 Å². The summed E-state index contributed by atoms with van der Waals surface area (Å²) in [6.45, 7) is 0. The normalized spacial score (nSPS) is 23.6. The second kappa shape index (κ2) is 5.17. The number of pyridine rings is 1. The molecule has 0 atom stereocenters. The van der Waals surface area contributed by atoms with Gasteiger partial charge in [-0.3, -0.25) is 4.79 Å². The zero-order chi connectivity index (χ0) is 13.2. The van der Waals surface area contributed by atoms with Gasteiger partial charge in [0, 0.05) is 17.1 Å². The summed E-state index contributed by atoms with van der Waals surface area (Å²) in [5.41, 5.74) is 1.99. The van der Waals surface area contributed by atoms with Crippen molar-refractivity contribution in [2.24, 2.45) is 0 Å². The Bertz CT molecular complexity index is 624. The first-order chi connectivity index (χ1) is 9.28. The number of fused-ring (bicyclic) bond motifs is 1. The molecule has 19 heavy (non-hydrogen) atoms. The SMILES string of the molecule is CNC1CCC(c2cc3ccccc3[nH]c2=O)CC1. The maximum absolute atomic E-state index is 12.2. The van der Waals surface area contributed by atoms with Crippen molar-refractivity contribution in [3.63, 3.8) is 0 Å². The van der Waals surface area contributed by atoms with Gasteiger partial charge in [-0.2, -0.15) is 0 Å². The van der Waals surface area contributed by atoms with Gasteiger partial charge < -0.3 is 10.3 Å². The van der Waals surface area contributed by atoms with E-state index >= 15 is 0 Å². The van der Waals surface area contributed by atoms with Gasteiger partial charge in [0.15, 0.2) is 0 Å². The fraction of sp³-hybridized carbons (Fsp3) is 0.438. The lowest BCUT2D eigenvalue weighted by Crippen LogP contribution is -2.31. The first kappa shape index (κ1) is 12.4. The number of para-hydroxylation sites is 1. The lowest BCUT2D eigenvalue weighted by atomic mass is 9.82. The van der Waals surface area contributed by atoms with E-state index in [4.69, 9.17) is 0 Å². The molecule has 1 aliphatic carbocycles. The minimum atomic E-state index is 0.0895. The van der Waals surface area contributed by atoms with Crippen LogP contribution in [0.15, 0.2) is 35.1 Å². The number of H-pyrrole nitrogens is 1. The summed E-state index contributed by atoms with van der Waals surface area (Å²) in [6.07, 6.45) is 4.53. The van der Waals surface area contributed by atoms with Crippen LogP contribution in [0.2, 0.25) is 0 Å². The third-order valence-corrected chi connectivity index (χ3v) is 4.36. The summed E-state index contributed by atoms with van der Waals surface area (Å²) in [6, 6.07) is 10.7. The monoisotopic (exact) mass is 256 g/mol. The third-order valence-electron chi connectivity index (χ3n) is 4.36. The molecule has 100 valence electrons. The molecule has 0 spiro atoms. The smallest absolute Gasteiger partial charge is 0.251 e. The van der Waals surface area contributed by atoms with Crippen LogP contribution in [0.3, 0.4) is 0 Å². The van der Waals surface area contributed by atoms with Gasteiger partial charge in [0.05, 0.1) is 0 Å². The molecule has 0 amide bonds. The molecular weight excluding hydrogens is 236 g/mol. The Morgan fingerprint density at radius 2 is 1.89 bits per heavy atom. The van der Waals surface area contributed by atoms with Crippen LogP contribution in [0, 0.1) is 0 Å². The average Bonchev–Trinajstić information content (AvgIpc) is 2.47. The van der Waals surface area contributed by atoms with Gasteiger partial charge in [0.25, 0.3) is 5.56 Å². The summed E-state index contributed by atoms with van der Waals surface area (Å²) in [5, 5.41) is 4.47. The second-order valence-corrected chi connectivity index (χ2v) is 5.48. The molecule has 3 nitrogen and oxygen atoms in total. The average molecular weight is 256 g/mol. The molecule has 1 aliphatic rings. The minimum absolute atomic E-state index is 0.0895. The van der Waals surface area contributed by atoms with Crippen LogP contribution in [-0.4, -0.2) is 18.1 Å². The Morgan fingerprint density at radius 1 is 1.16 bits per heavy atom. The fourth-order valence-electron chi connectivity index (χ4n) is 3.16. The van der Waals surface area contributed by atoms with Crippen molar-refractivity contribution in [1.82, 2.24) is 10.3 Å². The van der Waals surface area contributed by atoms with Crippen molar-refractivity contribution >= 4 is 10.9 Å². The molecule has 2 N–H and O–H groups in total.